The molecule has 60 valence electrons. The minimum absolute atomic E-state index is 0.989. The molecule has 0 radical (unpaired) electrons. The third-order valence-electron chi connectivity index (χ3n) is 2.14. The van der Waals surface area contributed by atoms with E-state index >= 15 is 0 Å². The lowest BCUT2D eigenvalue weighted by atomic mass is 9.95. The monoisotopic (exact) mass is 253 g/mol. The van der Waals surface area contributed by atoms with Crippen molar-refractivity contribution in [3.05, 3.63) is 0 Å². The van der Waals surface area contributed by atoms with Crippen molar-refractivity contribution in [3.63, 3.8) is 0 Å². The maximum Gasteiger partial charge on any atom is -0.000462 e. The Morgan fingerprint density at radius 3 is 3.00 bits per heavy atom. The Bertz CT molecular complexity index is 79.3. The fourth-order valence-electron chi connectivity index (χ4n) is 1.54. The molecule has 1 rings (SSSR count). The van der Waals surface area contributed by atoms with Crippen LogP contribution in [0.4, 0.5) is 0 Å². The van der Waals surface area contributed by atoms with E-state index in [0.29, 0.717) is 0 Å². The molecule has 1 N–H and O–H groups in total. The van der Waals surface area contributed by atoms with Crippen LogP contribution in [0.5, 0.6) is 0 Å². The molecule has 1 atom stereocenters. The molecule has 1 aliphatic heterocycles. The van der Waals surface area contributed by atoms with Crippen LogP contribution >= 0.6 is 22.6 Å². The Morgan fingerprint density at radius 1 is 1.50 bits per heavy atom. The van der Waals surface area contributed by atoms with Crippen LogP contribution in [-0.4, -0.2) is 17.5 Å². The highest BCUT2D eigenvalue weighted by molar-refractivity contribution is 14.1. The molecule has 10 heavy (non-hydrogen) atoms. The molecule has 1 fully saturated rings. The maximum atomic E-state index is 3.44. The molecule has 0 aromatic carbocycles. The fourth-order valence-corrected chi connectivity index (χ4v) is 1.98. The second-order valence-electron chi connectivity index (χ2n) is 3.04. The first-order chi connectivity index (χ1) is 4.93. The number of hydrogen-bond acceptors (Lipinski definition) is 1. The summed E-state index contributed by atoms with van der Waals surface area (Å²) < 4.78 is 1.33. The molecular formula is C8H16IN. The highest BCUT2D eigenvalue weighted by atomic mass is 127. The molecule has 1 saturated heterocycles. The predicted molar refractivity (Wildman–Crippen MR) is 53.7 cm³/mol. The predicted octanol–water partition coefficient (Wildman–Crippen LogP) is 2.20. The van der Waals surface area contributed by atoms with E-state index < -0.39 is 0 Å². The van der Waals surface area contributed by atoms with Gasteiger partial charge < -0.3 is 5.32 Å². The van der Waals surface area contributed by atoms with Crippen LogP contribution < -0.4 is 5.32 Å². The zero-order valence-electron chi connectivity index (χ0n) is 6.41. The van der Waals surface area contributed by atoms with Gasteiger partial charge in [0.2, 0.25) is 0 Å². The van der Waals surface area contributed by atoms with Crippen LogP contribution in [0, 0.1) is 5.92 Å². The summed E-state index contributed by atoms with van der Waals surface area (Å²) in [4.78, 5) is 0. The van der Waals surface area contributed by atoms with Gasteiger partial charge in [0.1, 0.15) is 0 Å². The number of rotatable bonds is 3. The van der Waals surface area contributed by atoms with E-state index in [9.17, 15) is 0 Å². The van der Waals surface area contributed by atoms with Crippen LogP contribution in [0.2, 0.25) is 0 Å². The van der Waals surface area contributed by atoms with E-state index in [1.165, 1.54) is 43.2 Å². The van der Waals surface area contributed by atoms with Gasteiger partial charge in [0.25, 0.3) is 0 Å². The summed E-state index contributed by atoms with van der Waals surface area (Å²) in [6.45, 7) is 2.53. The molecule has 0 unspecified atom stereocenters. The molecule has 0 spiro atoms. The van der Waals surface area contributed by atoms with E-state index in [1.54, 1.807) is 0 Å². The normalized spacial score (nSPS) is 26.7. The Morgan fingerprint density at radius 2 is 2.40 bits per heavy atom. The summed E-state index contributed by atoms with van der Waals surface area (Å²) in [5.41, 5.74) is 0. The Balaban J connectivity index is 2.02. The first-order valence-corrected chi connectivity index (χ1v) is 5.72. The topological polar surface area (TPSA) is 12.0 Å². The van der Waals surface area contributed by atoms with Gasteiger partial charge in [-0.1, -0.05) is 22.6 Å². The largest absolute Gasteiger partial charge is 0.316 e. The first kappa shape index (κ1) is 8.78. The van der Waals surface area contributed by atoms with Gasteiger partial charge in [0.05, 0.1) is 0 Å². The van der Waals surface area contributed by atoms with Crippen LogP contribution in [-0.2, 0) is 0 Å². The Hall–Kier alpha value is 0.690. The molecule has 0 bridgehead atoms. The van der Waals surface area contributed by atoms with Gasteiger partial charge in [-0.15, -0.1) is 0 Å². The molecule has 0 aromatic rings. The van der Waals surface area contributed by atoms with Crippen molar-refractivity contribution in [2.45, 2.75) is 25.7 Å². The molecule has 0 saturated carbocycles. The van der Waals surface area contributed by atoms with Gasteiger partial charge in [0.15, 0.2) is 0 Å². The summed E-state index contributed by atoms with van der Waals surface area (Å²) >= 11 is 2.46. The van der Waals surface area contributed by atoms with Crippen molar-refractivity contribution in [2.75, 3.05) is 17.5 Å². The lowest BCUT2D eigenvalue weighted by molar-refractivity contribution is 0.356. The van der Waals surface area contributed by atoms with Gasteiger partial charge in [-0.2, -0.15) is 0 Å². The van der Waals surface area contributed by atoms with E-state index in [-0.39, 0.29) is 0 Å². The lowest BCUT2D eigenvalue weighted by Gasteiger charge is -2.21. The molecule has 0 aromatic heterocycles. The molecule has 0 aliphatic carbocycles. The van der Waals surface area contributed by atoms with E-state index in [4.69, 9.17) is 0 Å². The molecule has 1 nitrogen and oxygen atoms in total. The summed E-state index contributed by atoms with van der Waals surface area (Å²) in [6.07, 6.45) is 5.71. The van der Waals surface area contributed by atoms with Crippen molar-refractivity contribution in [1.29, 1.82) is 0 Å². The molecular weight excluding hydrogens is 237 g/mol. The Kier molecular flexibility index (Phi) is 4.70. The number of piperidine rings is 1. The highest BCUT2D eigenvalue weighted by Crippen LogP contribution is 2.15. The second-order valence-corrected chi connectivity index (χ2v) is 4.12. The summed E-state index contributed by atoms with van der Waals surface area (Å²) in [6, 6.07) is 0. The van der Waals surface area contributed by atoms with Gasteiger partial charge in [-0.3, -0.25) is 0 Å². The van der Waals surface area contributed by atoms with Crippen molar-refractivity contribution >= 4 is 22.6 Å². The first-order valence-electron chi connectivity index (χ1n) is 4.20. The zero-order chi connectivity index (χ0) is 7.23. The average Bonchev–Trinajstić information content (AvgIpc) is 2.03. The molecule has 1 aliphatic rings. The summed E-state index contributed by atoms with van der Waals surface area (Å²) in [7, 11) is 0. The Labute approximate surface area is 77.1 Å². The maximum absolute atomic E-state index is 3.44. The number of hydrogen-bond donors (Lipinski definition) is 1. The SMILES string of the molecule is ICCC[C@H]1CCCNC1. The zero-order valence-corrected chi connectivity index (χ0v) is 8.56. The lowest BCUT2D eigenvalue weighted by Crippen LogP contribution is -2.29. The van der Waals surface area contributed by atoms with Crippen LogP contribution in [0.15, 0.2) is 0 Å². The van der Waals surface area contributed by atoms with Crippen molar-refractivity contribution in [3.8, 4) is 0 Å². The molecule has 0 amide bonds. The van der Waals surface area contributed by atoms with E-state index in [0.717, 1.165) is 5.92 Å². The third-order valence-corrected chi connectivity index (χ3v) is 2.91. The van der Waals surface area contributed by atoms with Gasteiger partial charge in [0, 0.05) is 0 Å². The quantitative estimate of drug-likeness (QED) is 0.600. The van der Waals surface area contributed by atoms with Crippen molar-refractivity contribution < 1.29 is 0 Å². The van der Waals surface area contributed by atoms with E-state index in [1.807, 2.05) is 0 Å². The summed E-state index contributed by atoms with van der Waals surface area (Å²) in [5, 5.41) is 3.44. The second kappa shape index (κ2) is 5.35. The van der Waals surface area contributed by atoms with Crippen molar-refractivity contribution in [2.24, 2.45) is 5.92 Å². The van der Waals surface area contributed by atoms with Gasteiger partial charge in [-0.25, -0.2) is 0 Å². The standard InChI is InChI=1S/C8H16IN/c9-5-1-3-8-4-2-6-10-7-8/h8,10H,1-7H2/t8-/m0/s1. The van der Waals surface area contributed by atoms with Crippen LogP contribution in [0.3, 0.4) is 0 Å². The smallest absolute Gasteiger partial charge is 0.000462 e. The van der Waals surface area contributed by atoms with Gasteiger partial charge >= 0.3 is 0 Å². The van der Waals surface area contributed by atoms with Crippen molar-refractivity contribution in [1.82, 2.24) is 5.32 Å². The van der Waals surface area contributed by atoms with Crippen LogP contribution in [0.1, 0.15) is 25.7 Å². The number of nitrogens with one attached hydrogen (secondary N) is 1. The molecule has 1 heterocycles. The fraction of sp³-hybridized carbons (Fsp3) is 1.00. The van der Waals surface area contributed by atoms with Gasteiger partial charge in [-0.05, 0) is 49.1 Å². The molecule has 2 heteroatoms. The number of alkyl halides is 1. The van der Waals surface area contributed by atoms with Crippen LogP contribution in [0.25, 0.3) is 0 Å². The van der Waals surface area contributed by atoms with E-state index in [2.05, 4.69) is 27.9 Å². The minimum atomic E-state index is 0.989. The highest BCUT2D eigenvalue weighted by Gasteiger charge is 2.11. The third kappa shape index (κ3) is 3.19. The average molecular weight is 253 g/mol. The minimum Gasteiger partial charge on any atom is -0.316 e. The summed E-state index contributed by atoms with van der Waals surface area (Å²) in [5.74, 6) is 0.989. The number of halogens is 1.